The lowest BCUT2D eigenvalue weighted by atomic mass is 9.99. The first-order valence-electron chi connectivity index (χ1n) is 13.8. The van der Waals surface area contributed by atoms with Gasteiger partial charge < -0.3 is 18.9 Å². The Labute approximate surface area is 217 Å². The van der Waals surface area contributed by atoms with Crippen LogP contribution in [0.4, 0.5) is 0 Å². The molecule has 202 valence electrons. The van der Waals surface area contributed by atoms with Crippen LogP contribution in [0.25, 0.3) is 0 Å². The van der Waals surface area contributed by atoms with E-state index >= 15 is 0 Å². The lowest BCUT2D eigenvalue weighted by molar-refractivity contribution is -0.158. The summed E-state index contributed by atoms with van der Waals surface area (Å²) in [6.45, 7) is 3.36. The van der Waals surface area contributed by atoms with Gasteiger partial charge in [-0.3, -0.25) is 4.79 Å². The first-order chi connectivity index (χ1) is 17.6. The summed E-state index contributed by atoms with van der Waals surface area (Å²) in [5, 5.41) is 0. The number of benzene rings is 1. The SMILES string of the molecule is CCCCCCCCCCCCCC(=O)OCC1(COCc2ccccc2)C/C(=C/C(=O)OC)CO1. The van der Waals surface area contributed by atoms with E-state index in [-0.39, 0.29) is 19.2 Å². The van der Waals surface area contributed by atoms with Crippen LogP contribution in [0, 0.1) is 0 Å². The van der Waals surface area contributed by atoms with E-state index < -0.39 is 11.6 Å². The Kier molecular flexibility index (Phi) is 15.1. The summed E-state index contributed by atoms with van der Waals surface area (Å²) in [6.07, 6.45) is 16.0. The maximum Gasteiger partial charge on any atom is 0.330 e. The van der Waals surface area contributed by atoms with Crippen LogP contribution >= 0.6 is 0 Å². The van der Waals surface area contributed by atoms with E-state index in [0.29, 0.717) is 26.1 Å². The number of esters is 2. The van der Waals surface area contributed by atoms with Gasteiger partial charge in [-0.25, -0.2) is 4.79 Å². The standard InChI is InChI=1S/C30H46O6/c1-3-4-5-6-7-8-9-10-11-12-16-19-28(31)35-25-30(21-27(23-36-30)20-29(32)33-2)24-34-22-26-17-14-13-15-18-26/h13-15,17-18,20H,3-12,16,19,21-25H2,1-2H3/b27-20-. The van der Waals surface area contributed by atoms with Crippen LogP contribution < -0.4 is 0 Å². The average Bonchev–Trinajstić information content (AvgIpc) is 3.29. The molecule has 1 unspecified atom stereocenters. The van der Waals surface area contributed by atoms with Crippen LogP contribution in [-0.4, -0.2) is 44.5 Å². The van der Waals surface area contributed by atoms with E-state index in [0.717, 1.165) is 24.0 Å². The minimum Gasteiger partial charge on any atom is -0.466 e. The van der Waals surface area contributed by atoms with Crippen LogP contribution in [0.1, 0.15) is 96.0 Å². The molecule has 1 fully saturated rings. The number of carbonyl (C=O) groups is 2. The Bertz CT molecular complexity index is 775. The van der Waals surface area contributed by atoms with E-state index in [1.165, 1.54) is 71.0 Å². The number of unbranched alkanes of at least 4 members (excludes halogenated alkanes) is 10. The molecule has 0 spiro atoms. The molecule has 0 N–H and O–H groups in total. The van der Waals surface area contributed by atoms with Crippen LogP contribution in [0.3, 0.4) is 0 Å². The van der Waals surface area contributed by atoms with Gasteiger partial charge in [-0.15, -0.1) is 0 Å². The number of ether oxygens (including phenoxy) is 4. The van der Waals surface area contributed by atoms with Gasteiger partial charge in [0.25, 0.3) is 0 Å². The van der Waals surface area contributed by atoms with E-state index in [4.69, 9.17) is 18.9 Å². The molecular formula is C30H46O6. The molecular weight excluding hydrogens is 456 g/mol. The highest BCUT2D eigenvalue weighted by atomic mass is 16.6. The van der Waals surface area contributed by atoms with Crippen molar-refractivity contribution in [1.82, 2.24) is 0 Å². The van der Waals surface area contributed by atoms with Gasteiger partial charge in [0.15, 0.2) is 0 Å². The summed E-state index contributed by atoms with van der Waals surface area (Å²) in [6, 6.07) is 9.89. The number of carbonyl (C=O) groups excluding carboxylic acids is 2. The van der Waals surface area contributed by atoms with Crippen molar-refractivity contribution in [3.63, 3.8) is 0 Å². The van der Waals surface area contributed by atoms with E-state index in [2.05, 4.69) is 6.92 Å². The maximum absolute atomic E-state index is 12.4. The highest BCUT2D eigenvalue weighted by molar-refractivity contribution is 5.82. The molecule has 0 aromatic heterocycles. The van der Waals surface area contributed by atoms with Crippen LogP contribution in [-0.2, 0) is 35.1 Å². The van der Waals surface area contributed by atoms with Gasteiger partial charge in [-0.2, -0.15) is 0 Å². The molecule has 2 rings (SSSR count). The van der Waals surface area contributed by atoms with E-state index in [9.17, 15) is 9.59 Å². The Hall–Kier alpha value is -2.18. The van der Waals surface area contributed by atoms with Crippen molar-refractivity contribution in [1.29, 1.82) is 0 Å². The Morgan fingerprint density at radius 2 is 1.56 bits per heavy atom. The normalized spacial score (nSPS) is 18.4. The predicted octanol–water partition coefficient (Wildman–Crippen LogP) is 6.71. The lowest BCUT2D eigenvalue weighted by Crippen LogP contribution is -2.40. The molecule has 0 bridgehead atoms. The molecule has 0 amide bonds. The van der Waals surface area contributed by atoms with Crippen molar-refractivity contribution in [3.8, 4) is 0 Å². The largest absolute Gasteiger partial charge is 0.466 e. The summed E-state index contributed by atoms with van der Waals surface area (Å²) in [5.74, 6) is -0.620. The predicted molar refractivity (Wildman–Crippen MR) is 142 cm³/mol. The van der Waals surface area contributed by atoms with Crippen molar-refractivity contribution in [2.45, 2.75) is 103 Å². The van der Waals surface area contributed by atoms with Crippen molar-refractivity contribution < 1.29 is 28.5 Å². The third kappa shape index (κ3) is 12.7. The summed E-state index contributed by atoms with van der Waals surface area (Å²) >= 11 is 0. The van der Waals surface area contributed by atoms with E-state index in [1.807, 2.05) is 30.3 Å². The molecule has 1 aromatic carbocycles. The molecule has 1 heterocycles. The van der Waals surface area contributed by atoms with Crippen molar-refractivity contribution >= 4 is 11.9 Å². The summed E-state index contributed by atoms with van der Waals surface area (Å²) in [4.78, 5) is 24.1. The maximum atomic E-state index is 12.4. The lowest BCUT2D eigenvalue weighted by Gasteiger charge is -2.27. The number of hydrogen-bond acceptors (Lipinski definition) is 6. The molecule has 36 heavy (non-hydrogen) atoms. The Morgan fingerprint density at radius 3 is 2.19 bits per heavy atom. The number of hydrogen-bond donors (Lipinski definition) is 0. The second kappa shape index (κ2) is 18.1. The minimum atomic E-state index is -0.790. The summed E-state index contributed by atoms with van der Waals surface area (Å²) in [7, 11) is 1.35. The van der Waals surface area contributed by atoms with Gasteiger partial charge in [0.1, 0.15) is 12.2 Å². The smallest absolute Gasteiger partial charge is 0.330 e. The Balaban J connectivity index is 1.68. The second-order valence-corrected chi connectivity index (χ2v) is 9.90. The molecule has 6 nitrogen and oxygen atoms in total. The van der Waals surface area contributed by atoms with Gasteiger partial charge in [0.2, 0.25) is 0 Å². The van der Waals surface area contributed by atoms with Crippen molar-refractivity contribution in [3.05, 3.63) is 47.5 Å². The van der Waals surface area contributed by atoms with Gasteiger partial charge in [0.05, 0.1) is 26.9 Å². The highest BCUT2D eigenvalue weighted by Crippen LogP contribution is 2.31. The third-order valence-electron chi connectivity index (χ3n) is 6.59. The summed E-state index contributed by atoms with van der Waals surface area (Å²) in [5.41, 5.74) is 1.08. The van der Waals surface area contributed by atoms with E-state index in [1.54, 1.807) is 0 Å². The molecule has 1 atom stereocenters. The number of methoxy groups -OCH3 is 1. The minimum absolute atomic E-state index is 0.108. The molecule has 1 aliphatic heterocycles. The zero-order chi connectivity index (χ0) is 25.9. The van der Waals surface area contributed by atoms with Gasteiger partial charge in [-0.1, -0.05) is 101 Å². The first-order valence-corrected chi connectivity index (χ1v) is 13.8. The van der Waals surface area contributed by atoms with Crippen LogP contribution in [0.5, 0.6) is 0 Å². The second-order valence-electron chi connectivity index (χ2n) is 9.90. The molecule has 6 heteroatoms. The highest BCUT2D eigenvalue weighted by Gasteiger charge is 2.40. The van der Waals surface area contributed by atoms with Crippen LogP contribution in [0.15, 0.2) is 42.0 Å². The quantitative estimate of drug-likeness (QED) is 0.119. The molecule has 1 aliphatic rings. The molecule has 0 aliphatic carbocycles. The number of rotatable bonds is 19. The molecule has 1 aromatic rings. The van der Waals surface area contributed by atoms with Crippen molar-refractivity contribution in [2.75, 3.05) is 26.9 Å². The van der Waals surface area contributed by atoms with Gasteiger partial charge >= 0.3 is 11.9 Å². The van der Waals surface area contributed by atoms with Crippen LogP contribution in [0.2, 0.25) is 0 Å². The molecule has 0 radical (unpaired) electrons. The zero-order valence-electron chi connectivity index (χ0n) is 22.4. The molecule has 1 saturated heterocycles. The average molecular weight is 503 g/mol. The fourth-order valence-electron chi connectivity index (χ4n) is 4.45. The topological polar surface area (TPSA) is 71.1 Å². The molecule has 0 saturated carbocycles. The summed E-state index contributed by atoms with van der Waals surface area (Å²) < 4.78 is 22.3. The van der Waals surface area contributed by atoms with Crippen molar-refractivity contribution in [2.24, 2.45) is 0 Å². The van der Waals surface area contributed by atoms with Gasteiger partial charge in [-0.05, 0) is 17.6 Å². The monoisotopic (exact) mass is 502 g/mol. The fraction of sp³-hybridized carbons (Fsp3) is 0.667. The first kappa shape index (κ1) is 30.0. The third-order valence-corrected chi connectivity index (χ3v) is 6.59. The van der Waals surface area contributed by atoms with Gasteiger partial charge in [0, 0.05) is 18.9 Å². The Morgan fingerprint density at radius 1 is 0.917 bits per heavy atom. The zero-order valence-corrected chi connectivity index (χ0v) is 22.4. The fourth-order valence-corrected chi connectivity index (χ4v) is 4.45.